The van der Waals surface area contributed by atoms with Crippen LogP contribution >= 0.6 is 0 Å². The van der Waals surface area contributed by atoms with Crippen molar-refractivity contribution < 1.29 is 4.79 Å². The zero-order valence-electron chi connectivity index (χ0n) is 8.47. The van der Waals surface area contributed by atoms with Crippen molar-refractivity contribution in [3.8, 4) is 0 Å². The van der Waals surface area contributed by atoms with Gasteiger partial charge in [-0.1, -0.05) is 18.6 Å². The molecular formula is C10H18N2O. The van der Waals surface area contributed by atoms with Gasteiger partial charge in [0.15, 0.2) is 0 Å². The van der Waals surface area contributed by atoms with Crippen LogP contribution in [0.3, 0.4) is 0 Å². The second-order valence-electron chi connectivity index (χ2n) is 3.42. The van der Waals surface area contributed by atoms with Crippen LogP contribution in [0.4, 0.5) is 0 Å². The molecule has 0 fully saturated rings. The third-order valence-corrected chi connectivity index (χ3v) is 2.40. The molecule has 3 nitrogen and oxygen atoms in total. The molecule has 1 aliphatic rings. The van der Waals surface area contributed by atoms with Crippen LogP contribution in [0.2, 0.25) is 0 Å². The fraction of sp³-hybridized carbons (Fsp3) is 0.700. The minimum atomic E-state index is 0.0545. The topological polar surface area (TPSA) is 32.3 Å². The molecular weight excluding hydrogens is 164 g/mol. The molecule has 0 spiro atoms. The second-order valence-corrected chi connectivity index (χ2v) is 3.42. The fourth-order valence-electron chi connectivity index (χ4n) is 1.44. The van der Waals surface area contributed by atoms with E-state index in [0.29, 0.717) is 0 Å². The first-order chi connectivity index (χ1) is 6.22. The van der Waals surface area contributed by atoms with Gasteiger partial charge in [0.05, 0.1) is 0 Å². The number of nitrogens with zero attached hydrogens (tertiary/aromatic N) is 1. The maximum atomic E-state index is 10.7. The van der Waals surface area contributed by atoms with Gasteiger partial charge in [-0.25, -0.2) is 0 Å². The first-order valence-electron chi connectivity index (χ1n) is 4.87. The number of nitrogens with one attached hydrogen (secondary N) is 1. The molecule has 1 rings (SSSR count). The Hall–Kier alpha value is -0.830. The molecule has 0 radical (unpaired) electrons. The molecule has 0 bridgehead atoms. The third-order valence-electron chi connectivity index (χ3n) is 2.40. The largest absolute Gasteiger partial charge is 0.353 e. The lowest BCUT2D eigenvalue weighted by molar-refractivity contribution is -0.118. The predicted molar refractivity (Wildman–Crippen MR) is 53.5 cm³/mol. The van der Waals surface area contributed by atoms with Crippen LogP contribution in [0.1, 0.15) is 20.3 Å². The molecule has 1 N–H and O–H groups in total. The van der Waals surface area contributed by atoms with Crippen LogP contribution in [-0.2, 0) is 4.79 Å². The molecule has 0 aromatic carbocycles. The van der Waals surface area contributed by atoms with Crippen molar-refractivity contribution in [1.29, 1.82) is 0 Å². The van der Waals surface area contributed by atoms with Gasteiger partial charge in [-0.15, -0.1) is 0 Å². The van der Waals surface area contributed by atoms with Crippen LogP contribution in [0, 0.1) is 0 Å². The van der Waals surface area contributed by atoms with Gasteiger partial charge < -0.3 is 5.32 Å². The Bertz CT molecular complexity index is 211. The quantitative estimate of drug-likeness (QED) is 0.654. The van der Waals surface area contributed by atoms with Gasteiger partial charge in [0, 0.05) is 26.6 Å². The zero-order chi connectivity index (χ0) is 9.68. The zero-order valence-corrected chi connectivity index (χ0v) is 8.47. The van der Waals surface area contributed by atoms with E-state index in [0.717, 1.165) is 32.6 Å². The summed E-state index contributed by atoms with van der Waals surface area (Å²) >= 11 is 0. The number of likely N-dealkylation sites (N-methyl/N-ethyl adjacent to an activating group) is 1. The SMILES string of the molecule is CCN1CC=C(CNC(C)=O)CC1. The number of hydrogen-bond donors (Lipinski definition) is 1. The second kappa shape index (κ2) is 5.02. The summed E-state index contributed by atoms with van der Waals surface area (Å²) < 4.78 is 0. The molecule has 3 heteroatoms. The van der Waals surface area contributed by atoms with Crippen LogP contribution < -0.4 is 5.32 Å². The van der Waals surface area contributed by atoms with Crippen molar-refractivity contribution in [2.75, 3.05) is 26.2 Å². The lowest BCUT2D eigenvalue weighted by Gasteiger charge is -2.24. The van der Waals surface area contributed by atoms with Crippen LogP contribution in [0.5, 0.6) is 0 Å². The maximum absolute atomic E-state index is 10.7. The van der Waals surface area contributed by atoms with Gasteiger partial charge in [0.1, 0.15) is 0 Å². The molecule has 0 unspecified atom stereocenters. The molecule has 1 aliphatic heterocycles. The average Bonchev–Trinajstić information content (AvgIpc) is 2.15. The molecule has 0 atom stereocenters. The van der Waals surface area contributed by atoms with Crippen LogP contribution in [0.15, 0.2) is 11.6 Å². The van der Waals surface area contributed by atoms with Crippen molar-refractivity contribution in [2.45, 2.75) is 20.3 Å². The molecule has 0 aliphatic carbocycles. The first-order valence-corrected chi connectivity index (χ1v) is 4.87. The number of amides is 1. The Morgan fingerprint density at radius 1 is 1.69 bits per heavy atom. The summed E-state index contributed by atoms with van der Waals surface area (Å²) in [5.74, 6) is 0.0545. The van der Waals surface area contributed by atoms with Crippen LogP contribution in [-0.4, -0.2) is 37.0 Å². The highest BCUT2D eigenvalue weighted by atomic mass is 16.1. The molecule has 74 valence electrons. The van der Waals surface area contributed by atoms with Gasteiger partial charge in [-0.05, 0) is 13.0 Å². The van der Waals surface area contributed by atoms with Crippen molar-refractivity contribution in [3.63, 3.8) is 0 Å². The summed E-state index contributed by atoms with van der Waals surface area (Å²) in [6, 6.07) is 0. The minimum absolute atomic E-state index is 0.0545. The van der Waals surface area contributed by atoms with E-state index in [1.54, 1.807) is 6.92 Å². The summed E-state index contributed by atoms with van der Waals surface area (Å²) in [5.41, 5.74) is 1.36. The molecule has 13 heavy (non-hydrogen) atoms. The first kappa shape index (κ1) is 10.3. The molecule has 1 amide bonds. The average molecular weight is 182 g/mol. The van der Waals surface area contributed by atoms with Crippen molar-refractivity contribution in [2.24, 2.45) is 0 Å². The number of carbonyl (C=O) groups excluding carboxylic acids is 1. The highest BCUT2D eigenvalue weighted by molar-refractivity contribution is 5.73. The van der Waals surface area contributed by atoms with E-state index in [9.17, 15) is 4.79 Å². The van der Waals surface area contributed by atoms with Crippen molar-refractivity contribution >= 4 is 5.91 Å². The molecule has 1 heterocycles. The number of rotatable bonds is 3. The standard InChI is InChI=1S/C10H18N2O/c1-3-12-6-4-10(5-7-12)8-11-9(2)13/h4H,3,5-8H2,1-2H3,(H,11,13). The Balaban J connectivity index is 2.29. The highest BCUT2D eigenvalue weighted by Gasteiger charge is 2.09. The summed E-state index contributed by atoms with van der Waals surface area (Å²) in [5, 5.41) is 2.82. The van der Waals surface area contributed by atoms with Gasteiger partial charge in [0.2, 0.25) is 5.91 Å². The van der Waals surface area contributed by atoms with E-state index in [1.165, 1.54) is 5.57 Å². The van der Waals surface area contributed by atoms with E-state index in [4.69, 9.17) is 0 Å². The van der Waals surface area contributed by atoms with Crippen LogP contribution in [0.25, 0.3) is 0 Å². The molecule has 0 saturated heterocycles. The Morgan fingerprint density at radius 3 is 2.92 bits per heavy atom. The smallest absolute Gasteiger partial charge is 0.217 e. The molecule has 0 aromatic heterocycles. The van der Waals surface area contributed by atoms with E-state index in [-0.39, 0.29) is 5.91 Å². The van der Waals surface area contributed by atoms with E-state index in [2.05, 4.69) is 23.2 Å². The van der Waals surface area contributed by atoms with E-state index < -0.39 is 0 Å². The fourth-order valence-corrected chi connectivity index (χ4v) is 1.44. The number of carbonyl (C=O) groups is 1. The van der Waals surface area contributed by atoms with Gasteiger partial charge >= 0.3 is 0 Å². The highest BCUT2D eigenvalue weighted by Crippen LogP contribution is 2.08. The monoisotopic (exact) mass is 182 g/mol. The Kier molecular flexibility index (Phi) is 3.96. The lowest BCUT2D eigenvalue weighted by atomic mass is 10.1. The third kappa shape index (κ3) is 3.59. The number of hydrogen-bond acceptors (Lipinski definition) is 2. The van der Waals surface area contributed by atoms with Gasteiger partial charge in [-0.2, -0.15) is 0 Å². The summed E-state index contributed by atoms with van der Waals surface area (Å²) in [6.45, 7) is 7.73. The molecule has 0 saturated carbocycles. The van der Waals surface area contributed by atoms with Crippen molar-refractivity contribution in [1.82, 2.24) is 10.2 Å². The van der Waals surface area contributed by atoms with E-state index in [1.807, 2.05) is 0 Å². The van der Waals surface area contributed by atoms with E-state index >= 15 is 0 Å². The maximum Gasteiger partial charge on any atom is 0.217 e. The normalized spacial score (nSPS) is 18.2. The van der Waals surface area contributed by atoms with Gasteiger partial charge in [0.25, 0.3) is 0 Å². The summed E-state index contributed by atoms with van der Waals surface area (Å²) in [7, 11) is 0. The predicted octanol–water partition coefficient (Wildman–Crippen LogP) is 0.774. The lowest BCUT2D eigenvalue weighted by Crippen LogP contribution is -2.31. The Labute approximate surface area is 79.8 Å². The summed E-state index contributed by atoms with van der Waals surface area (Å²) in [4.78, 5) is 13.0. The van der Waals surface area contributed by atoms with Gasteiger partial charge in [-0.3, -0.25) is 9.69 Å². The minimum Gasteiger partial charge on any atom is -0.353 e. The van der Waals surface area contributed by atoms with Crippen molar-refractivity contribution in [3.05, 3.63) is 11.6 Å². The molecule has 0 aromatic rings. The summed E-state index contributed by atoms with van der Waals surface area (Å²) in [6.07, 6.45) is 3.32. The Morgan fingerprint density at radius 2 is 2.46 bits per heavy atom.